The lowest BCUT2D eigenvalue weighted by atomic mass is 9.92. The smallest absolute Gasteiger partial charge is 0.0466 e. The van der Waals surface area contributed by atoms with Crippen LogP contribution in [0.25, 0.3) is 0 Å². The van der Waals surface area contributed by atoms with Crippen molar-refractivity contribution in [2.75, 3.05) is 0 Å². The van der Waals surface area contributed by atoms with Gasteiger partial charge in [0.25, 0.3) is 0 Å². The number of hydrogen-bond acceptors (Lipinski definition) is 2. The first-order valence-electron chi connectivity index (χ1n) is 4.61. The van der Waals surface area contributed by atoms with E-state index in [0.717, 1.165) is 0 Å². The van der Waals surface area contributed by atoms with E-state index in [9.17, 15) is 0 Å². The van der Waals surface area contributed by atoms with Crippen LogP contribution < -0.4 is 0 Å². The van der Waals surface area contributed by atoms with Crippen LogP contribution >= 0.6 is 0 Å². The summed E-state index contributed by atoms with van der Waals surface area (Å²) < 4.78 is 0. The fourth-order valence-electron chi connectivity index (χ4n) is 1.73. The molecule has 1 rings (SSSR count). The molecule has 0 amide bonds. The Bertz CT molecular complexity index is 115. The van der Waals surface area contributed by atoms with Gasteiger partial charge in [0.15, 0.2) is 0 Å². The molecule has 64 valence electrons. The van der Waals surface area contributed by atoms with Crippen LogP contribution in [0.1, 0.15) is 44.9 Å². The van der Waals surface area contributed by atoms with Crippen molar-refractivity contribution in [3.05, 3.63) is 0 Å². The minimum absolute atomic E-state index is 0.542. The van der Waals surface area contributed by atoms with Gasteiger partial charge in [0.1, 0.15) is 0 Å². The van der Waals surface area contributed by atoms with Gasteiger partial charge in [-0.05, 0) is 18.8 Å². The molecule has 0 radical (unpaired) electrons. The Hall–Kier alpha value is -0.530. The Kier molecular flexibility index (Phi) is 4.02. The van der Waals surface area contributed by atoms with Gasteiger partial charge >= 0.3 is 0 Å². The molecule has 0 aliphatic heterocycles. The summed E-state index contributed by atoms with van der Waals surface area (Å²) >= 11 is 0. The maximum absolute atomic E-state index is 8.35. The van der Waals surface area contributed by atoms with Crippen molar-refractivity contribution in [3.8, 4) is 0 Å². The summed E-state index contributed by atoms with van der Waals surface area (Å²) in [6.45, 7) is 0. The molecule has 0 heterocycles. The third-order valence-electron chi connectivity index (χ3n) is 2.43. The van der Waals surface area contributed by atoms with Crippen LogP contribution in [0.4, 0.5) is 0 Å². The molecule has 0 bridgehead atoms. The number of oxime groups is 1. The van der Waals surface area contributed by atoms with Crippen LogP contribution in [0.5, 0.6) is 0 Å². The minimum Gasteiger partial charge on any atom is -0.411 e. The van der Waals surface area contributed by atoms with E-state index in [0.29, 0.717) is 5.92 Å². The third-order valence-corrected chi connectivity index (χ3v) is 2.43. The SMILES string of the molecule is O/N=C/C1CCCCCCC1. The zero-order chi connectivity index (χ0) is 7.94. The van der Waals surface area contributed by atoms with E-state index in [1.165, 1.54) is 44.9 Å². The second-order valence-electron chi connectivity index (χ2n) is 3.37. The van der Waals surface area contributed by atoms with Crippen molar-refractivity contribution in [1.29, 1.82) is 0 Å². The largest absolute Gasteiger partial charge is 0.411 e. The molecule has 1 fully saturated rings. The highest BCUT2D eigenvalue weighted by molar-refractivity contribution is 5.59. The molecule has 1 aliphatic rings. The van der Waals surface area contributed by atoms with E-state index < -0.39 is 0 Å². The molecule has 0 aromatic carbocycles. The van der Waals surface area contributed by atoms with E-state index in [1.54, 1.807) is 6.21 Å². The van der Waals surface area contributed by atoms with Crippen LogP contribution in [0, 0.1) is 5.92 Å². The standard InChI is InChI=1S/C9H17NO/c11-10-8-9-6-4-2-1-3-5-7-9/h8-9,11H,1-7H2/b10-8+. The molecule has 0 saturated heterocycles. The first kappa shape index (κ1) is 8.57. The molecule has 1 aliphatic carbocycles. The summed E-state index contributed by atoms with van der Waals surface area (Å²) in [5, 5.41) is 11.5. The summed E-state index contributed by atoms with van der Waals surface area (Å²) in [4.78, 5) is 0. The average molecular weight is 155 g/mol. The maximum Gasteiger partial charge on any atom is 0.0466 e. The molecule has 1 N–H and O–H groups in total. The van der Waals surface area contributed by atoms with E-state index in [-0.39, 0.29) is 0 Å². The minimum atomic E-state index is 0.542. The number of rotatable bonds is 1. The highest BCUT2D eigenvalue weighted by Crippen LogP contribution is 2.20. The Balaban J connectivity index is 2.26. The lowest BCUT2D eigenvalue weighted by Gasteiger charge is -2.14. The lowest BCUT2D eigenvalue weighted by Crippen LogP contribution is -2.04. The zero-order valence-electron chi connectivity index (χ0n) is 7.00. The van der Waals surface area contributed by atoms with Gasteiger partial charge in [-0.15, -0.1) is 5.16 Å². The first-order chi connectivity index (χ1) is 5.43. The van der Waals surface area contributed by atoms with E-state index >= 15 is 0 Å². The predicted molar refractivity (Wildman–Crippen MR) is 46.1 cm³/mol. The molecule has 1 saturated carbocycles. The fraction of sp³-hybridized carbons (Fsp3) is 0.889. The van der Waals surface area contributed by atoms with Gasteiger partial charge in [-0.25, -0.2) is 0 Å². The molecule has 0 atom stereocenters. The van der Waals surface area contributed by atoms with Crippen LogP contribution in [0.15, 0.2) is 5.16 Å². The molecule has 0 unspecified atom stereocenters. The van der Waals surface area contributed by atoms with Gasteiger partial charge < -0.3 is 5.21 Å². The molecule has 2 heteroatoms. The van der Waals surface area contributed by atoms with Gasteiger partial charge in [0.2, 0.25) is 0 Å². The Morgan fingerprint density at radius 3 is 2.09 bits per heavy atom. The molecular weight excluding hydrogens is 138 g/mol. The molecule has 0 aromatic heterocycles. The van der Waals surface area contributed by atoms with E-state index in [1.807, 2.05) is 0 Å². The monoisotopic (exact) mass is 155 g/mol. The highest BCUT2D eigenvalue weighted by atomic mass is 16.4. The quantitative estimate of drug-likeness (QED) is 0.352. The second-order valence-corrected chi connectivity index (χ2v) is 3.37. The molecule has 11 heavy (non-hydrogen) atoms. The summed E-state index contributed by atoms with van der Waals surface area (Å²) in [7, 11) is 0. The third kappa shape index (κ3) is 3.40. The second kappa shape index (κ2) is 5.16. The highest BCUT2D eigenvalue weighted by Gasteiger charge is 2.08. The Morgan fingerprint density at radius 2 is 1.55 bits per heavy atom. The lowest BCUT2D eigenvalue weighted by molar-refractivity contribution is 0.315. The molecule has 0 aromatic rings. The van der Waals surface area contributed by atoms with Crippen LogP contribution in [0.2, 0.25) is 0 Å². The normalized spacial score (nSPS) is 23.3. The summed E-state index contributed by atoms with van der Waals surface area (Å²) in [5.74, 6) is 0.542. The topological polar surface area (TPSA) is 32.6 Å². The van der Waals surface area contributed by atoms with Crippen LogP contribution in [-0.2, 0) is 0 Å². The molecule has 0 spiro atoms. The van der Waals surface area contributed by atoms with Crippen molar-refractivity contribution in [2.24, 2.45) is 11.1 Å². The van der Waals surface area contributed by atoms with Crippen molar-refractivity contribution in [1.82, 2.24) is 0 Å². The molecule has 2 nitrogen and oxygen atoms in total. The Labute approximate surface area is 68.3 Å². The average Bonchev–Trinajstić information content (AvgIpc) is 1.94. The summed E-state index contributed by atoms with van der Waals surface area (Å²) in [6.07, 6.45) is 10.8. The van der Waals surface area contributed by atoms with Crippen molar-refractivity contribution < 1.29 is 5.21 Å². The van der Waals surface area contributed by atoms with Crippen molar-refractivity contribution in [3.63, 3.8) is 0 Å². The predicted octanol–water partition coefficient (Wildman–Crippen LogP) is 2.81. The number of hydrogen-bond donors (Lipinski definition) is 1. The molecular formula is C9H17NO. The maximum atomic E-state index is 8.35. The Morgan fingerprint density at radius 1 is 1.00 bits per heavy atom. The van der Waals surface area contributed by atoms with Crippen molar-refractivity contribution in [2.45, 2.75) is 44.9 Å². The van der Waals surface area contributed by atoms with Gasteiger partial charge in [-0.1, -0.05) is 32.1 Å². The van der Waals surface area contributed by atoms with Crippen LogP contribution in [-0.4, -0.2) is 11.4 Å². The van der Waals surface area contributed by atoms with E-state index in [2.05, 4.69) is 5.16 Å². The van der Waals surface area contributed by atoms with Crippen LogP contribution in [0.3, 0.4) is 0 Å². The zero-order valence-corrected chi connectivity index (χ0v) is 7.00. The number of nitrogens with zero attached hydrogens (tertiary/aromatic N) is 1. The van der Waals surface area contributed by atoms with Gasteiger partial charge in [0, 0.05) is 6.21 Å². The first-order valence-corrected chi connectivity index (χ1v) is 4.61. The van der Waals surface area contributed by atoms with Gasteiger partial charge in [-0.3, -0.25) is 0 Å². The van der Waals surface area contributed by atoms with E-state index in [4.69, 9.17) is 5.21 Å². The van der Waals surface area contributed by atoms with Gasteiger partial charge in [-0.2, -0.15) is 0 Å². The summed E-state index contributed by atoms with van der Waals surface area (Å²) in [5.41, 5.74) is 0. The van der Waals surface area contributed by atoms with Gasteiger partial charge in [0.05, 0.1) is 0 Å². The van der Waals surface area contributed by atoms with Crippen molar-refractivity contribution >= 4 is 6.21 Å². The summed E-state index contributed by atoms with van der Waals surface area (Å²) in [6, 6.07) is 0. The fourth-order valence-corrected chi connectivity index (χ4v) is 1.73.